The van der Waals surface area contributed by atoms with Crippen LogP contribution >= 0.6 is 0 Å². The van der Waals surface area contributed by atoms with Gasteiger partial charge in [0.2, 0.25) is 11.8 Å². The van der Waals surface area contributed by atoms with Crippen LogP contribution in [0.1, 0.15) is 51.7 Å². The molecule has 1 aliphatic rings. The van der Waals surface area contributed by atoms with Crippen molar-refractivity contribution in [1.29, 1.82) is 0 Å². The highest BCUT2D eigenvalue weighted by Gasteiger charge is 2.23. The van der Waals surface area contributed by atoms with Gasteiger partial charge < -0.3 is 20.0 Å². The first-order valence-electron chi connectivity index (χ1n) is 8.95. The van der Waals surface area contributed by atoms with Crippen LogP contribution in [0.15, 0.2) is 15.6 Å². The van der Waals surface area contributed by atoms with E-state index in [1.165, 1.54) is 0 Å². The highest BCUT2D eigenvalue weighted by atomic mass is 16.4. The average Bonchev–Trinajstić information content (AvgIpc) is 3.06. The average molecular weight is 349 g/mol. The van der Waals surface area contributed by atoms with Crippen molar-refractivity contribution in [2.45, 2.75) is 52.0 Å². The highest BCUT2D eigenvalue weighted by Crippen LogP contribution is 2.23. The fourth-order valence-electron chi connectivity index (χ4n) is 2.94. The molecule has 2 heterocycles. The van der Waals surface area contributed by atoms with E-state index in [0.29, 0.717) is 24.8 Å². The number of aliphatic imine (C=N–C) groups is 1. The maximum atomic E-state index is 11.5. The minimum Gasteiger partial charge on any atom is -0.443 e. The van der Waals surface area contributed by atoms with Crippen LogP contribution in [0.2, 0.25) is 0 Å². The van der Waals surface area contributed by atoms with Gasteiger partial charge in [0.15, 0.2) is 5.96 Å². The van der Waals surface area contributed by atoms with Gasteiger partial charge in [-0.15, -0.1) is 0 Å². The lowest BCUT2D eigenvalue weighted by atomic mass is 9.93. The van der Waals surface area contributed by atoms with E-state index in [-0.39, 0.29) is 11.3 Å². The van der Waals surface area contributed by atoms with Crippen molar-refractivity contribution in [3.05, 3.63) is 17.8 Å². The molecule has 0 radical (unpaired) electrons. The predicted molar refractivity (Wildman–Crippen MR) is 98.4 cm³/mol. The number of guanidine groups is 1. The maximum Gasteiger partial charge on any atom is 0.220 e. The van der Waals surface area contributed by atoms with Gasteiger partial charge in [0, 0.05) is 39.0 Å². The zero-order valence-corrected chi connectivity index (χ0v) is 16.1. The number of nitrogens with one attached hydrogen (secondary N) is 2. The van der Waals surface area contributed by atoms with E-state index in [1.54, 1.807) is 20.3 Å². The molecule has 0 aliphatic carbocycles. The van der Waals surface area contributed by atoms with Gasteiger partial charge in [-0.2, -0.15) is 0 Å². The van der Waals surface area contributed by atoms with Crippen LogP contribution in [0.4, 0.5) is 0 Å². The van der Waals surface area contributed by atoms with E-state index >= 15 is 0 Å². The van der Waals surface area contributed by atoms with Crippen molar-refractivity contribution in [1.82, 2.24) is 20.5 Å². The van der Waals surface area contributed by atoms with E-state index in [2.05, 4.69) is 46.3 Å². The predicted octanol–water partition coefficient (Wildman–Crippen LogP) is 1.90. The number of oxazole rings is 1. The Labute approximate surface area is 150 Å². The summed E-state index contributed by atoms with van der Waals surface area (Å²) in [7, 11) is 3.48. The van der Waals surface area contributed by atoms with Gasteiger partial charge in [0.25, 0.3) is 0 Å². The molecule has 1 saturated heterocycles. The zero-order chi connectivity index (χ0) is 18.4. The number of hydrogen-bond acceptors (Lipinski definition) is 4. The molecule has 2 rings (SSSR count). The number of rotatable bonds is 4. The lowest BCUT2D eigenvalue weighted by molar-refractivity contribution is -0.121. The first-order chi connectivity index (χ1) is 11.8. The Hall–Kier alpha value is -2.05. The minimum absolute atomic E-state index is 0.0421. The van der Waals surface area contributed by atoms with Gasteiger partial charge in [0.1, 0.15) is 5.76 Å². The molecule has 25 heavy (non-hydrogen) atoms. The summed E-state index contributed by atoms with van der Waals surface area (Å²) >= 11 is 0. The van der Waals surface area contributed by atoms with Gasteiger partial charge >= 0.3 is 0 Å². The van der Waals surface area contributed by atoms with E-state index in [1.807, 2.05) is 0 Å². The third-order valence-electron chi connectivity index (χ3n) is 4.57. The van der Waals surface area contributed by atoms with Gasteiger partial charge in [-0.1, -0.05) is 20.8 Å². The standard InChI is InChI=1S/C18H31N5O2/c1-18(2,3)14-11-21-16(25-14)12-22-17(20-5)23-8-6-13(7-9-23)10-15(24)19-4/h11,13H,6-10,12H2,1-5H3,(H,19,24)(H,20,22). The second-order valence-corrected chi connectivity index (χ2v) is 7.58. The summed E-state index contributed by atoms with van der Waals surface area (Å²) in [5.41, 5.74) is -0.0421. The van der Waals surface area contributed by atoms with Crippen molar-refractivity contribution in [3.63, 3.8) is 0 Å². The first kappa shape index (κ1) is 19.3. The fraction of sp³-hybridized carbons (Fsp3) is 0.722. The topological polar surface area (TPSA) is 82.8 Å². The van der Waals surface area contributed by atoms with E-state index in [9.17, 15) is 4.79 Å². The minimum atomic E-state index is -0.0421. The van der Waals surface area contributed by atoms with Crippen molar-refractivity contribution < 1.29 is 9.21 Å². The number of carbonyl (C=O) groups is 1. The van der Waals surface area contributed by atoms with Crippen LogP contribution in [0.3, 0.4) is 0 Å². The second-order valence-electron chi connectivity index (χ2n) is 7.58. The number of likely N-dealkylation sites (tertiary alicyclic amines) is 1. The number of hydrogen-bond donors (Lipinski definition) is 2. The Morgan fingerprint density at radius 1 is 1.40 bits per heavy atom. The quantitative estimate of drug-likeness (QED) is 0.641. The summed E-state index contributed by atoms with van der Waals surface area (Å²) < 4.78 is 5.81. The maximum absolute atomic E-state index is 11.5. The molecule has 0 bridgehead atoms. The van der Waals surface area contributed by atoms with E-state index < -0.39 is 0 Å². The van der Waals surface area contributed by atoms with Crippen molar-refractivity contribution in [2.24, 2.45) is 10.9 Å². The fourth-order valence-corrected chi connectivity index (χ4v) is 2.94. The van der Waals surface area contributed by atoms with Crippen LogP contribution in [0, 0.1) is 5.92 Å². The molecule has 0 unspecified atom stereocenters. The molecule has 2 N–H and O–H groups in total. The van der Waals surface area contributed by atoms with Crippen LogP contribution in [0.5, 0.6) is 0 Å². The lowest BCUT2D eigenvalue weighted by Gasteiger charge is -2.33. The Balaban J connectivity index is 1.83. The van der Waals surface area contributed by atoms with Crippen LogP contribution in [-0.4, -0.2) is 48.9 Å². The molecule has 0 spiro atoms. The monoisotopic (exact) mass is 349 g/mol. The molecule has 7 heteroatoms. The summed E-state index contributed by atoms with van der Waals surface area (Å²) in [4.78, 5) is 22.4. The van der Waals surface area contributed by atoms with Gasteiger partial charge in [-0.25, -0.2) is 4.98 Å². The lowest BCUT2D eigenvalue weighted by Crippen LogP contribution is -2.45. The number of piperidine rings is 1. The summed E-state index contributed by atoms with van der Waals surface area (Å²) in [6, 6.07) is 0. The SMILES string of the molecule is CN=C(NCc1ncc(C(C)(C)C)o1)N1CCC(CC(=O)NC)CC1. The summed E-state index contributed by atoms with van der Waals surface area (Å²) in [5, 5.41) is 6.03. The smallest absolute Gasteiger partial charge is 0.220 e. The van der Waals surface area contributed by atoms with Crippen molar-refractivity contribution >= 4 is 11.9 Å². The number of aromatic nitrogens is 1. The zero-order valence-electron chi connectivity index (χ0n) is 16.1. The van der Waals surface area contributed by atoms with Gasteiger partial charge in [-0.3, -0.25) is 9.79 Å². The summed E-state index contributed by atoms with van der Waals surface area (Å²) in [5.74, 6) is 2.98. The molecule has 1 aromatic rings. The van der Waals surface area contributed by atoms with Crippen LogP contribution < -0.4 is 10.6 Å². The number of amides is 1. The largest absolute Gasteiger partial charge is 0.443 e. The molecule has 1 aliphatic heterocycles. The molecule has 7 nitrogen and oxygen atoms in total. The third kappa shape index (κ3) is 5.47. The number of carbonyl (C=O) groups excluding carboxylic acids is 1. The molecule has 1 amide bonds. The van der Waals surface area contributed by atoms with E-state index in [0.717, 1.165) is 37.7 Å². The molecule has 0 atom stereocenters. The van der Waals surface area contributed by atoms with Crippen LogP contribution in [-0.2, 0) is 16.8 Å². The normalized spacial score (nSPS) is 16.8. The third-order valence-corrected chi connectivity index (χ3v) is 4.57. The Kier molecular flexibility index (Phi) is 6.45. The first-order valence-corrected chi connectivity index (χ1v) is 8.95. The van der Waals surface area contributed by atoms with Gasteiger partial charge in [0.05, 0.1) is 12.7 Å². The van der Waals surface area contributed by atoms with Crippen molar-refractivity contribution in [2.75, 3.05) is 27.2 Å². The molecular weight excluding hydrogens is 318 g/mol. The molecule has 0 aromatic carbocycles. The van der Waals surface area contributed by atoms with Crippen molar-refractivity contribution in [3.8, 4) is 0 Å². The Bertz CT molecular complexity index is 595. The Morgan fingerprint density at radius 2 is 2.08 bits per heavy atom. The molecule has 0 saturated carbocycles. The van der Waals surface area contributed by atoms with E-state index in [4.69, 9.17) is 4.42 Å². The van der Waals surface area contributed by atoms with Crippen LogP contribution in [0.25, 0.3) is 0 Å². The molecule has 140 valence electrons. The second kappa shape index (κ2) is 8.36. The molecule has 1 fully saturated rings. The molecule has 1 aromatic heterocycles. The summed E-state index contributed by atoms with van der Waals surface area (Å²) in [6.45, 7) is 8.63. The van der Waals surface area contributed by atoms with Gasteiger partial charge in [-0.05, 0) is 18.8 Å². The summed E-state index contributed by atoms with van der Waals surface area (Å²) in [6.07, 6.45) is 4.41. The number of nitrogens with zero attached hydrogens (tertiary/aromatic N) is 3. The Morgan fingerprint density at radius 3 is 2.60 bits per heavy atom. The highest BCUT2D eigenvalue weighted by molar-refractivity contribution is 5.80. The molecular formula is C18H31N5O2.